The van der Waals surface area contributed by atoms with Gasteiger partial charge < -0.3 is 9.64 Å². The highest BCUT2D eigenvalue weighted by Gasteiger charge is 2.36. The lowest BCUT2D eigenvalue weighted by atomic mass is 9.89. The van der Waals surface area contributed by atoms with Crippen LogP contribution in [-0.4, -0.2) is 30.2 Å². The lowest BCUT2D eigenvalue weighted by molar-refractivity contribution is -0.384. The Bertz CT molecular complexity index is 536. The van der Waals surface area contributed by atoms with E-state index in [-0.39, 0.29) is 22.8 Å². The maximum atomic E-state index is 11.4. The standard InChI is InChI=1S/C15H19BrN2O3/c16-10-11-5-6-12(14(9-11)18(19)20)17-7-8-21-15-4-2-1-3-13(15)17/h5-6,9,13,15H,1-4,7-8,10H2. The number of nitro groups is 1. The molecule has 1 aliphatic carbocycles. The van der Waals surface area contributed by atoms with Gasteiger partial charge in [-0.3, -0.25) is 10.1 Å². The fraction of sp³-hybridized carbons (Fsp3) is 0.600. The van der Waals surface area contributed by atoms with Crippen molar-refractivity contribution in [3.63, 3.8) is 0 Å². The van der Waals surface area contributed by atoms with E-state index in [1.54, 1.807) is 6.07 Å². The monoisotopic (exact) mass is 354 g/mol. The van der Waals surface area contributed by atoms with Gasteiger partial charge in [0.25, 0.3) is 5.69 Å². The fourth-order valence-electron chi connectivity index (χ4n) is 3.44. The molecular formula is C15H19BrN2O3. The summed E-state index contributed by atoms with van der Waals surface area (Å²) < 4.78 is 5.86. The van der Waals surface area contributed by atoms with Gasteiger partial charge in [-0.15, -0.1) is 0 Å². The van der Waals surface area contributed by atoms with E-state index in [0.717, 1.165) is 30.6 Å². The van der Waals surface area contributed by atoms with E-state index in [1.165, 1.54) is 12.8 Å². The van der Waals surface area contributed by atoms with Gasteiger partial charge in [-0.05, 0) is 24.5 Å². The Labute approximate surface area is 132 Å². The summed E-state index contributed by atoms with van der Waals surface area (Å²) in [5.41, 5.74) is 1.88. The van der Waals surface area contributed by atoms with Crippen LogP contribution in [0.2, 0.25) is 0 Å². The van der Waals surface area contributed by atoms with Crippen LogP contribution in [0.4, 0.5) is 11.4 Å². The first-order valence-electron chi connectivity index (χ1n) is 7.42. The molecule has 0 radical (unpaired) electrons. The number of ether oxygens (including phenoxy) is 1. The Hall–Kier alpha value is -1.14. The topological polar surface area (TPSA) is 55.6 Å². The van der Waals surface area contributed by atoms with Crippen molar-refractivity contribution in [3.8, 4) is 0 Å². The highest BCUT2D eigenvalue weighted by atomic mass is 79.9. The van der Waals surface area contributed by atoms with Crippen molar-refractivity contribution >= 4 is 27.3 Å². The van der Waals surface area contributed by atoms with E-state index in [1.807, 2.05) is 12.1 Å². The first-order valence-corrected chi connectivity index (χ1v) is 8.54. The molecule has 2 unspecified atom stereocenters. The van der Waals surface area contributed by atoms with E-state index >= 15 is 0 Å². The predicted octanol–water partition coefficient (Wildman–Crippen LogP) is 3.64. The van der Waals surface area contributed by atoms with Crippen LogP contribution in [0, 0.1) is 10.1 Å². The van der Waals surface area contributed by atoms with Crippen molar-refractivity contribution in [2.75, 3.05) is 18.1 Å². The van der Waals surface area contributed by atoms with Crippen LogP contribution in [0.15, 0.2) is 18.2 Å². The van der Waals surface area contributed by atoms with Crippen LogP contribution in [0.1, 0.15) is 31.2 Å². The molecule has 21 heavy (non-hydrogen) atoms. The van der Waals surface area contributed by atoms with Crippen molar-refractivity contribution < 1.29 is 9.66 Å². The molecule has 2 atom stereocenters. The average molecular weight is 355 g/mol. The Balaban J connectivity index is 1.96. The molecule has 2 fully saturated rings. The number of hydrogen-bond acceptors (Lipinski definition) is 4. The molecule has 114 valence electrons. The zero-order chi connectivity index (χ0) is 14.8. The van der Waals surface area contributed by atoms with Gasteiger partial charge in [-0.25, -0.2) is 0 Å². The minimum atomic E-state index is -0.269. The second kappa shape index (κ2) is 6.32. The van der Waals surface area contributed by atoms with Gasteiger partial charge in [-0.1, -0.05) is 34.8 Å². The van der Waals surface area contributed by atoms with E-state index in [2.05, 4.69) is 20.8 Å². The first kappa shape index (κ1) is 14.8. The number of alkyl halides is 1. The predicted molar refractivity (Wildman–Crippen MR) is 85.1 cm³/mol. The highest BCUT2D eigenvalue weighted by Crippen LogP contribution is 2.37. The van der Waals surface area contributed by atoms with Gasteiger partial charge in [0.2, 0.25) is 0 Å². The largest absolute Gasteiger partial charge is 0.374 e. The van der Waals surface area contributed by atoms with Crippen molar-refractivity contribution in [2.24, 2.45) is 0 Å². The minimum absolute atomic E-state index is 0.207. The number of morpholine rings is 1. The second-order valence-electron chi connectivity index (χ2n) is 5.67. The lowest BCUT2D eigenvalue weighted by Gasteiger charge is -2.44. The third-order valence-corrected chi connectivity index (χ3v) is 5.08. The van der Waals surface area contributed by atoms with E-state index in [4.69, 9.17) is 4.74 Å². The second-order valence-corrected chi connectivity index (χ2v) is 6.23. The zero-order valence-corrected chi connectivity index (χ0v) is 13.4. The Morgan fingerprint density at radius 3 is 2.95 bits per heavy atom. The maximum Gasteiger partial charge on any atom is 0.292 e. The summed E-state index contributed by atoms with van der Waals surface area (Å²) in [7, 11) is 0. The molecule has 1 aromatic carbocycles. The molecule has 5 nitrogen and oxygen atoms in total. The number of benzene rings is 1. The van der Waals surface area contributed by atoms with Crippen LogP contribution in [0.3, 0.4) is 0 Å². The van der Waals surface area contributed by atoms with Gasteiger partial charge in [0, 0.05) is 17.9 Å². The van der Waals surface area contributed by atoms with Gasteiger partial charge in [0.15, 0.2) is 0 Å². The Kier molecular flexibility index (Phi) is 4.45. The molecule has 6 heteroatoms. The normalized spacial score (nSPS) is 25.5. The summed E-state index contributed by atoms with van der Waals surface area (Å²) in [4.78, 5) is 13.4. The summed E-state index contributed by atoms with van der Waals surface area (Å²) in [5, 5.41) is 12.1. The molecule has 1 aromatic rings. The number of halogens is 1. The van der Waals surface area contributed by atoms with Crippen molar-refractivity contribution in [1.29, 1.82) is 0 Å². The molecule has 0 amide bonds. The quantitative estimate of drug-likeness (QED) is 0.472. The van der Waals surface area contributed by atoms with Crippen LogP contribution in [-0.2, 0) is 10.1 Å². The number of fused-ring (bicyclic) bond motifs is 1. The first-order chi connectivity index (χ1) is 10.2. The van der Waals surface area contributed by atoms with Crippen LogP contribution in [0.5, 0.6) is 0 Å². The van der Waals surface area contributed by atoms with Crippen LogP contribution < -0.4 is 4.90 Å². The summed E-state index contributed by atoms with van der Waals surface area (Å²) >= 11 is 3.36. The minimum Gasteiger partial charge on any atom is -0.374 e. The van der Waals surface area contributed by atoms with E-state index < -0.39 is 0 Å². The molecule has 1 saturated heterocycles. The Morgan fingerprint density at radius 2 is 2.19 bits per heavy atom. The Morgan fingerprint density at radius 1 is 1.38 bits per heavy atom. The zero-order valence-electron chi connectivity index (χ0n) is 11.8. The molecule has 0 bridgehead atoms. The van der Waals surface area contributed by atoms with Gasteiger partial charge in [0.1, 0.15) is 5.69 Å². The number of nitro benzene ring substituents is 1. The molecule has 0 spiro atoms. The fourth-order valence-corrected chi connectivity index (χ4v) is 3.79. The summed E-state index contributed by atoms with van der Waals surface area (Å²) in [6, 6.07) is 5.81. The number of rotatable bonds is 3. The summed E-state index contributed by atoms with van der Waals surface area (Å²) in [6.45, 7) is 1.38. The van der Waals surface area contributed by atoms with E-state index in [0.29, 0.717) is 11.9 Å². The smallest absolute Gasteiger partial charge is 0.292 e. The van der Waals surface area contributed by atoms with Crippen molar-refractivity contribution in [1.82, 2.24) is 0 Å². The van der Waals surface area contributed by atoms with Gasteiger partial charge in [-0.2, -0.15) is 0 Å². The van der Waals surface area contributed by atoms with Crippen LogP contribution >= 0.6 is 15.9 Å². The SMILES string of the molecule is O=[N+]([O-])c1cc(CBr)ccc1N1CCOC2CCCCC21. The van der Waals surface area contributed by atoms with Crippen LogP contribution in [0.25, 0.3) is 0 Å². The molecule has 1 aliphatic heterocycles. The van der Waals surface area contributed by atoms with Crippen molar-refractivity contribution in [3.05, 3.63) is 33.9 Å². The molecule has 0 aromatic heterocycles. The molecule has 1 heterocycles. The summed E-state index contributed by atoms with van der Waals surface area (Å²) in [5.74, 6) is 0. The van der Waals surface area contributed by atoms with Gasteiger partial charge in [0.05, 0.1) is 23.7 Å². The summed E-state index contributed by atoms with van der Waals surface area (Å²) in [6.07, 6.45) is 4.72. The number of anilines is 1. The number of nitrogens with zero attached hydrogens (tertiary/aromatic N) is 2. The molecule has 3 rings (SSSR count). The molecular weight excluding hydrogens is 336 g/mol. The van der Waals surface area contributed by atoms with Gasteiger partial charge >= 0.3 is 0 Å². The molecule has 2 aliphatic rings. The third-order valence-electron chi connectivity index (χ3n) is 4.43. The van der Waals surface area contributed by atoms with Crippen molar-refractivity contribution in [2.45, 2.75) is 43.2 Å². The highest BCUT2D eigenvalue weighted by molar-refractivity contribution is 9.08. The lowest BCUT2D eigenvalue weighted by Crippen LogP contribution is -2.53. The maximum absolute atomic E-state index is 11.4. The molecule has 1 saturated carbocycles. The van der Waals surface area contributed by atoms with E-state index in [9.17, 15) is 10.1 Å². The molecule has 0 N–H and O–H groups in total. The number of hydrogen-bond donors (Lipinski definition) is 0. The third kappa shape index (κ3) is 2.92. The average Bonchev–Trinajstić information content (AvgIpc) is 2.53.